The maximum Gasteiger partial charge on any atom is 0.268 e. The molecular weight excluding hydrogens is 316 g/mol. The molecule has 0 bridgehead atoms. The summed E-state index contributed by atoms with van der Waals surface area (Å²) in [5.41, 5.74) is 12.8. The van der Waals surface area contributed by atoms with E-state index in [1.165, 1.54) is 0 Å². The summed E-state index contributed by atoms with van der Waals surface area (Å²) in [6, 6.07) is 3.81. The topological polar surface area (TPSA) is 128 Å². The van der Waals surface area contributed by atoms with Crippen LogP contribution in [0.1, 0.15) is 24.1 Å². The molecule has 0 radical (unpaired) electrons. The third kappa shape index (κ3) is 3.31. The zero-order valence-corrected chi connectivity index (χ0v) is 13.9. The number of carbonyl (C=O) groups excluding carboxylic acids is 3. The van der Waals surface area contributed by atoms with Crippen molar-refractivity contribution in [2.45, 2.75) is 31.4 Å². The van der Waals surface area contributed by atoms with Crippen molar-refractivity contribution in [2.75, 3.05) is 12.3 Å². The highest BCUT2D eigenvalue weighted by Gasteiger charge is 2.50. The molecule has 8 heteroatoms. The zero-order chi connectivity index (χ0) is 17.0. The predicted octanol–water partition coefficient (Wildman–Crippen LogP) is 1.17. The number of nitrogens with two attached hydrogens (primary N) is 2. The van der Waals surface area contributed by atoms with Crippen LogP contribution in [-0.2, 0) is 11.2 Å². The lowest BCUT2D eigenvalue weighted by Gasteiger charge is -2.33. The van der Waals surface area contributed by atoms with E-state index in [-0.39, 0.29) is 5.91 Å². The smallest absolute Gasteiger partial charge is 0.268 e. The van der Waals surface area contributed by atoms with Crippen molar-refractivity contribution < 1.29 is 14.4 Å². The Kier molecular flexibility index (Phi) is 5.25. The van der Waals surface area contributed by atoms with Crippen molar-refractivity contribution >= 4 is 26.4 Å². The lowest BCUT2D eigenvalue weighted by Crippen LogP contribution is -2.44. The Hall–Kier alpha value is -2.09. The number of hydrogen-bond donors (Lipinski definition) is 3. The van der Waals surface area contributed by atoms with E-state index >= 15 is 0 Å². The number of rotatable bonds is 4. The average molecular weight is 338 g/mol. The van der Waals surface area contributed by atoms with Crippen LogP contribution in [0.4, 0.5) is 9.59 Å². The van der Waals surface area contributed by atoms with E-state index in [2.05, 4.69) is 10.3 Å². The summed E-state index contributed by atoms with van der Waals surface area (Å²) in [5.74, 6) is -0.00145. The first-order valence-electron chi connectivity index (χ1n) is 7.46. The van der Waals surface area contributed by atoms with Gasteiger partial charge >= 0.3 is 0 Å². The van der Waals surface area contributed by atoms with Crippen molar-refractivity contribution in [1.29, 1.82) is 0 Å². The fourth-order valence-corrected chi connectivity index (χ4v) is 6.02. The summed E-state index contributed by atoms with van der Waals surface area (Å²) in [7, 11) is -2.59. The Balaban J connectivity index is 2.01. The second-order valence-electron chi connectivity index (χ2n) is 5.57. The van der Waals surface area contributed by atoms with Crippen molar-refractivity contribution in [1.82, 2.24) is 10.3 Å². The summed E-state index contributed by atoms with van der Waals surface area (Å²) in [6.07, 6.45) is 3.37. The van der Waals surface area contributed by atoms with Gasteiger partial charge < -0.3 is 16.8 Å². The predicted molar refractivity (Wildman–Crippen MR) is 90.3 cm³/mol. The normalized spacial score (nSPS) is 20.7. The molecule has 1 aliphatic heterocycles. The van der Waals surface area contributed by atoms with E-state index < -0.39 is 25.8 Å². The van der Waals surface area contributed by atoms with Crippen molar-refractivity contribution in [3.8, 4) is 0 Å². The van der Waals surface area contributed by atoms with Gasteiger partial charge in [0.15, 0.2) is 0 Å². The molecule has 1 aromatic heterocycles. The molecule has 5 N–H and O–H groups in total. The number of primary amides is 2. The number of nitrogens with zero attached hydrogens (tertiary/aromatic N) is 1. The van der Waals surface area contributed by atoms with Gasteiger partial charge in [-0.1, -0.05) is 16.1 Å². The Bertz CT molecular complexity index is 621. The number of aromatic nitrogens is 1. The molecule has 0 saturated carbocycles. The van der Waals surface area contributed by atoms with Gasteiger partial charge in [0.2, 0.25) is 5.91 Å². The molecule has 1 aromatic rings. The number of pyridine rings is 1. The van der Waals surface area contributed by atoms with Crippen LogP contribution in [0, 0.1) is 6.92 Å². The van der Waals surface area contributed by atoms with Crippen molar-refractivity contribution in [3.63, 3.8) is 0 Å². The van der Waals surface area contributed by atoms with Crippen LogP contribution in [0.3, 0.4) is 0 Å². The van der Waals surface area contributed by atoms with Gasteiger partial charge in [0.1, 0.15) is 0 Å². The maximum absolute atomic E-state index is 12.4. The van der Waals surface area contributed by atoms with Gasteiger partial charge in [-0.25, -0.2) is 0 Å². The summed E-state index contributed by atoms with van der Waals surface area (Å²) >= 11 is 0. The molecule has 0 spiro atoms. The molecule has 3 amide bonds. The van der Waals surface area contributed by atoms with Crippen LogP contribution >= 0.6 is 10.0 Å². The molecule has 0 aromatic carbocycles. The molecular formula is C15H22N4O3S. The number of carbonyl (C=O) groups is 3. The zero-order valence-electron chi connectivity index (χ0n) is 13.1. The monoisotopic (exact) mass is 338 g/mol. The number of hydrogen-bond acceptors (Lipinski definition) is 4. The van der Waals surface area contributed by atoms with Crippen molar-refractivity contribution in [3.05, 3.63) is 29.6 Å². The summed E-state index contributed by atoms with van der Waals surface area (Å²) in [4.78, 5) is 40.3. The third-order valence-corrected chi connectivity index (χ3v) is 8.00. The summed E-state index contributed by atoms with van der Waals surface area (Å²) in [5, 5.41) is 0.619. The van der Waals surface area contributed by atoms with Gasteiger partial charge in [-0.3, -0.25) is 19.4 Å². The first-order chi connectivity index (χ1) is 10.9. The van der Waals surface area contributed by atoms with Crippen LogP contribution in [0.2, 0.25) is 0 Å². The minimum absolute atomic E-state index is 0.315. The highest BCUT2D eigenvalue weighted by atomic mass is 32.3. The van der Waals surface area contributed by atoms with E-state index in [0.717, 1.165) is 11.3 Å². The lowest BCUT2D eigenvalue weighted by molar-refractivity contribution is -0.120. The first kappa shape index (κ1) is 17.3. The van der Waals surface area contributed by atoms with Crippen molar-refractivity contribution in [2.24, 2.45) is 11.5 Å². The Labute approximate surface area is 136 Å². The van der Waals surface area contributed by atoms with Crippen LogP contribution < -0.4 is 16.8 Å². The quantitative estimate of drug-likeness (QED) is 0.761. The molecule has 1 saturated heterocycles. The average Bonchev–Trinajstić information content (AvgIpc) is 2.95. The molecule has 23 heavy (non-hydrogen) atoms. The molecule has 1 aliphatic rings. The molecule has 2 heterocycles. The fraction of sp³-hybridized carbons (Fsp3) is 0.467. The van der Waals surface area contributed by atoms with Gasteiger partial charge in [-0.15, -0.1) is 0 Å². The SMILES string of the molecule is Cc1cccnc1CCNC(=O)C1CCCS1(C(N)=O)C(N)=O. The highest BCUT2D eigenvalue weighted by molar-refractivity contribution is 8.56. The largest absolute Gasteiger partial charge is 0.361 e. The minimum Gasteiger partial charge on any atom is -0.361 e. The molecule has 126 valence electrons. The Morgan fingerprint density at radius 2 is 2.04 bits per heavy atom. The van der Waals surface area contributed by atoms with Crippen LogP contribution in [0.15, 0.2) is 18.3 Å². The van der Waals surface area contributed by atoms with Crippen LogP contribution in [0.5, 0.6) is 0 Å². The number of amides is 3. The molecule has 0 aliphatic carbocycles. The standard InChI is InChI=1S/C15H22N4O3S/c1-10-4-2-7-18-11(10)6-8-19-13(20)12-5-3-9-23(12,14(16)21)15(17)22/h2,4,7,12H,3,5-6,8-9H2,1H3,(H2,16,21)(H2,17,22)(H,19,20). The van der Waals surface area contributed by atoms with E-state index in [0.29, 0.717) is 31.6 Å². The van der Waals surface area contributed by atoms with E-state index in [4.69, 9.17) is 11.5 Å². The van der Waals surface area contributed by atoms with E-state index in [1.807, 2.05) is 19.1 Å². The summed E-state index contributed by atoms with van der Waals surface area (Å²) in [6.45, 7) is 2.34. The van der Waals surface area contributed by atoms with Gasteiger partial charge in [-0.05, 0) is 37.1 Å². The molecule has 1 atom stereocenters. The second kappa shape index (κ2) is 6.99. The maximum atomic E-state index is 12.4. The number of aryl methyl sites for hydroxylation is 1. The van der Waals surface area contributed by atoms with Gasteiger partial charge in [0, 0.05) is 24.9 Å². The minimum atomic E-state index is -2.59. The first-order valence-corrected chi connectivity index (χ1v) is 9.33. The van der Waals surface area contributed by atoms with Gasteiger partial charge in [0.25, 0.3) is 10.5 Å². The summed E-state index contributed by atoms with van der Waals surface area (Å²) < 4.78 is 0. The van der Waals surface area contributed by atoms with Gasteiger partial charge in [0.05, 0.1) is 5.25 Å². The van der Waals surface area contributed by atoms with Gasteiger partial charge in [-0.2, -0.15) is 0 Å². The number of nitrogens with one attached hydrogen (secondary N) is 1. The van der Waals surface area contributed by atoms with Crippen LogP contribution in [-0.4, -0.2) is 38.9 Å². The second-order valence-corrected chi connectivity index (χ2v) is 8.94. The fourth-order valence-electron chi connectivity index (χ4n) is 2.93. The lowest BCUT2D eigenvalue weighted by atomic mass is 10.1. The third-order valence-electron chi connectivity index (χ3n) is 4.21. The van der Waals surface area contributed by atoms with Crippen LogP contribution in [0.25, 0.3) is 0 Å². The molecule has 1 unspecified atom stereocenters. The Morgan fingerprint density at radius 1 is 1.35 bits per heavy atom. The Morgan fingerprint density at radius 3 is 2.65 bits per heavy atom. The molecule has 1 fully saturated rings. The highest BCUT2D eigenvalue weighted by Crippen LogP contribution is 2.59. The van der Waals surface area contributed by atoms with E-state index in [9.17, 15) is 14.4 Å². The molecule has 7 nitrogen and oxygen atoms in total. The van der Waals surface area contributed by atoms with E-state index in [1.54, 1.807) is 6.20 Å². The molecule has 2 rings (SSSR count).